The minimum atomic E-state index is -4.00. The Labute approximate surface area is 218 Å². The molecule has 0 saturated heterocycles. The molecule has 0 spiro atoms. The van der Waals surface area contributed by atoms with Crippen LogP contribution in [0.3, 0.4) is 0 Å². The van der Waals surface area contributed by atoms with Crippen molar-refractivity contribution < 1.29 is 22.7 Å². The summed E-state index contributed by atoms with van der Waals surface area (Å²) >= 11 is 0. The Hall–Kier alpha value is -3.65. The van der Waals surface area contributed by atoms with Crippen LogP contribution in [0.15, 0.2) is 71.6 Å². The number of carbonyl (C=O) groups excluding carboxylic acids is 2. The van der Waals surface area contributed by atoms with E-state index in [0.717, 1.165) is 23.2 Å². The molecule has 0 unspecified atom stereocenters. The fourth-order valence-electron chi connectivity index (χ4n) is 4.53. The second-order valence-electron chi connectivity index (χ2n) is 10.4. The van der Waals surface area contributed by atoms with Crippen LogP contribution in [0.5, 0.6) is 0 Å². The molecule has 3 aromatic rings. The highest BCUT2D eigenvalue weighted by molar-refractivity contribution is 7.92. The highest BCUT2D eigenvalue weighted by Crippen LogP contribution is 2.32. The molecule has 0 fully saturated rings. The van der Waals surface area contributed by atoms with E-state index in [-0.39, 0.29) is 33.5 Å². The standard InChI is InChI=1S/C29H32N2O5S/c1-19-14-15-22(29(3,4)5)17-26(19)37(34,35)30-24-12-8-7-11-23(24)28(33)36-18-27(32)31-20(2)16-21-10-6-9-13-25(21)31/h6-15,17,20,30H,16,18H2,1-5H3/t20-/m0/s1. The Morgan fingerprint density at radius 1 is 1.03 bits per heavy atom. The fourth-order valence-corrected chi connectivity index (χ4v) is 5.88. The summed E-state index contributed by atoms with van der Waals surface area (Å²) in [5.41, 5.74) is 3.23. The van der Waals surface area contributed by atoms with Crippen molar-refractivity contribution in [1.82, 2.24) is 0 Å². The number of hydrogen-bond acceptors (Lipinski definition) is 5. The maximum atomic E-state index is 13.3. The molecular weight excluding hydrogens is 488 g/mol. The average Bonchev–Trinajstić information content (AvgIpc) is 3.17. The number of benzene rings is 3. The highest BCUT2D eigenvalue weighted by Gasteiger charge is 2.31. The minimum Gasteiger partial charge on any atom is -0.452 e. The molecule has 0 saturated carbocycles. The first kappa shape index (κ1) is 26.4. The molecule has 1 atom stereocenters. The normalized spacial score (nSPS) is 15.3. The third-order valence-corrected chi connectivity index (χ3v) is 8.05. The number of carbonyl (C=O) groups is 2. The number of esters is 1. The molecule has 0 aliphatic carbocycles. The van der Waals surface area contributed by atoms with E-state index in [0.29, 0.717) is 5.56 Å². The highest BCUT2D eigenvalue weighted by atomic mass is 32.2. The minimum absolute atomic E-state index is 0.0263. The average molecular weight is 521 g/mol. The second-order valence-corrected chi connectivity index (χ2v) is 12.1. The molecule has 3 aromatic carbocycles. The van der Waals surface area contributed by atoms with Gasteiger partial charge in [0.2, 0.25) is 0 Å². The van der Waals surface area contributed by atoms with Crippen LogP contribution in [0.4, 0.5) is 11.4 Å². The van der Waals surface area contributed by atoms with E-state index < -0.39 is 22.6 Å². The van der Waals surface area contributed by atoms with Crippen LogP contribution < -0.4 is 9.62 Å². The van der Waals surface area contributed by atoms with Gasteiger partial charge in [0.25, 0.3) is 15.9 Å². The zero-order chi connectivity index (χ0) is 27.0. The number of hydrogen-bond donors (Lipinski definition) is 1. The molecule has 7 nitrogen and oxygen atoms in total. The fraction of sp³-hybridized carbons (Fsp3) is 0.310. The van der Waals surface area contributed by atoms with E-state index in [1.807, 2.05) is 58.0 Å². The van der Waals surface area contributed by atoms with Crippen molar-refractivity contribution in [2.24, 2.45) is 0 Å². The third-order valence-electron chi connectivity index (χ3n) is 6.54. The molecule has 1 heterocycles. The van der Waals surface area contributed by atoms with E-state index >= 15 is 0 Å². The predicted octanol–water partition coefficient (Wildman–Crippen LogP) is 5.23. The van der Waals surface area contributed by atoms with E-state index in [2.05, 4.69) is 4.72 Å². The number of aryl methyl sites for hydroxylation is 1. The molecule has 1 N–H and O–H groups in total. The van der Waals surface area contributed by atoms with Gasteiger partial charge >= 0.3 is 5.97 Å². The molecule has 0 radical (unpaired) electrons. The van der Waals surface area contributed by atoms with Crippen molar-refractivity contribution in [1.29, 1.82) is 0 Å². The number of rotatable bonds is 6. The van der Waals surface area contributed by atoms with Crippen molar-refractivity contribution in [2.45, 2.75) is 57.4 Å². The summed E-state index contributed by atoms with van der Waals surface area (Å²) in [5, 5.41) is 0. The predicted molar refractivity (Wildman–Crippen MR) is 145 cm³/mol. The molecule has 194 valence electrons. The molecule has 0 bridgehead atoms. The van der Waals surface area contributed by atoms with Crippen molar-refractivity contribution in [3.8, 4) is 0 Å². The number of para-hydroxylation sites is 2. The topological polar surface area (TPSA) is 92.8 Å². The number of nitrogens with one attached hydrogen (secondary N) is 1. The summed E-state index contributed by atoms with van der Waals surface area (Å²) < 4.78 is 34.6. The van der Waals surface area contributed by atoms with Gasteiger partial charge in [-0.05, 0) is 66.6 Å². The van der Waals surface area contributed by atoms with Gasteiger partial charge in [-0.25, -0.2) is 13.2 Å². The van der Waals surface area contributed by atoms with Gasteiger partial charge in [-0.15, -0.1) is 0 Å². The first-order valence-electron chi connectivity index (χ1n) is 12.2. The number of ether oxygens (including phenoxy) is 1. The number of sulfonamides is 1. The molecule has 4 rings (SSSR count). The second kappa shape index (κ2) is 10.0. The Morgan fingerprint density at radius 3 is 2.43 bits per heavy atom. The first-order chi connectivity index (χ1) is 17.4. The van der Waals surface area contributed by atoms with Gasteiger partial charge in [0.1, 0.15) is 0 Å². The Bertz CT molecular complexity index is 1460. The maximum absolute atomic E-state index is 13.3. The summed E-state index contributed by atoms with van der Waals surface area (Å²) in [4.78, 5) is 27.7. The first-order valence-corrected chi connectivity index (χ1v) is 13.7. The summed E-state index contributed by atoms with van der Waals surface area (Å²) in [6.45, 7) is 9.25. The zero-order valence-electron chi connectivity index (χ0n) is 21.7. The van der Waals surface area contributed by atoms with Gasteiger partial charge in [0.05, 0.1) is 16.1 Å². The summed E-state index contributed by atoms with van der Waals surface area (Å²) in [5.74, 6) is -1.12. The van der Waals surface area contributed by atoms with Gasteiger partial charge in [-0.1, -0.05) is 63.2 Å². The molecule has 1 aliphatic rings. The molecule has 1 amide bonds. The summed E-state index contributed by atoms with van der Waals surface area (Å²) in [6, 6.07) is 19.2. The lowest BCUT2D eigenvalue weighted by molar-refractivity contribution is -0.122. The number of nitrogens with zero attached hydrogens (tertiary/aromatic N) is 1. The van der Waals surface area contributed by atoms with Gasteiger partial charge in [0.15, 0.2) is 6.61 Å². The Balaban J connectivity index is 1.52. The third kappa shape index (κ3) is 5.54. The lowest BCUT2D eigenvalue weighted by atomic mass is 9.87. The van der Waals surface area contributed by atoms with Crippen LogP contribution in [0.2, 0.25) is 0 Å². The number of amides is 1. The Kier molecular flexibility index (Phi) is 7.15. The van der Waals surface area contributed by atoms with Crippen LogP contribution in [-0.2, 0) is 31.4 Å². The van der Waals surface area contributed by atoms with E-state index in [1.165, 1.54) is 12.1 Å². The van der Waals surface area contributed by atoms with Crippen molar-refractivity contribution in [3.05, 3.63) is 89.0 Å². The molecule has 8 heteroatoms. The quantitative estimate of drug-likeness (QED) is 0.450. The van der Waals surface area contributed by atoms with E-state index in [1.54, 1.807) is 36.1 Å². The SMILES string of the molecule is Cc1ccc(C(C)(C)C)cc1S(=O)(=O)Nc1ccccc1C(=O)OCC(=O)N1c2ccccc2C[C@@H]1C. The molecule has 1 aliphatic heterocycles. The number of fused-ring (bicyclic) bond motifs is 1. The van der Waals surface area contributed by atoms with Gasteiger partial charge in [-0.3, -0.25) is 9.52 Å². The van der Waals surface area contributed by atoms with E-state index in [9.17, 15) is 18.0 Å². The van der Waals surface area contributed by atoms with Crippen LogP contribution in [-0.4, -0.2) is 32.9 Å². The van der Waals surface area contributed by atoms with Gasteiger partial charge < -0.3 is 9.64 Å². The van der Waals surface area contributed by atoms with Crippen LogP contribution in [0.1, 0.15) is 54.7 Å². The molecule has 0 aromatic heterocycles. The molecule has 37 heavy (non-hydrogen) atoms. The van der Waals surface area contributed by atoms with E-state index in [4.69, 9.17) is 4.74 Å². The Morgan fingerprint density at radius 2 is 1.70 bits per heavy atom. The van der Waals surface area contributed by atoms with Crippen molar-refractivity contribution in [3.63, 3.8) is 0 Å². The van der Waals surface area contributed by atoms with Crippen LogP contribution >= 0.6 is 0 Å². The zero-order valence-corrected chi connectivity index (χ0v) is 22.6. The van der Waals surface area contributed by atoms with Crippen LogP contribution in [0, 0.1) is 6.92 Å². The van der Waals surface area contributed by atoms with Crippen LogP contribution in [0.25, 0.3) is 0 Å². The molecular formula is C29H32N2O5S. The van der Waals surface area contributed by atoms with Gasteiger partial charge in [0, 0.05) is 11.7 Å². The smallest absolute Gasteiger partial charge is 0.340 e. The lowest BCUT2D eigenvalue weighted by Gasteiger charge is -2.22. The monoisotopic (exact) mass is 520 g/mol. The number of anilines is 2. The summed E-state index contributed by atoms with van der Waals surface area (Å²) in [6.07, 6.45) is 0.732. The lowest BCUT2D eigenvalue weighted by Crippen LogP contribution is -2.38. The maximum Gasteiger partial charge on any atom is 0.340 e. The van der Waals surface area contributed by atoms with Crippen molar-refractivity contribution >= 4 is 33.3 Å². The largest absolute Gasteiger partial charge is 0.452 e. The van der Waals surface area contributed by atoms with Crippen molar-refractivity contribution in [2.75, 3.05) is 16.2 Å². The van der Waals surface area contributed by atoms with Gasteiger partial charge in [-0.2, -0.15) is 0 Å². The summed E-state index contributed by atoms with van der Waals surface area (Å²) in [7, 11) is -4.00.